The molecule has 0 saturated heterocycles. The third-order valence-corrected chi connectivity index (χ3v) is 3.62. The second-order valence-corrected chi connectivity index (χ2v) is 6.30. The molecule has 0 aliphatic carbocycles. The maximum Gasteiger partial charge on any atom is 0.253 e. The first-order valence-electron chi connectivity index (χ1n) is 8.38. The van der Waals surface area contributed by atoms with Gasteiger partial charge in [0.2, 0.25) is 5.91 Å². The van der Waals surface area contributed by atoms with Crippen molar-refractivity contribution in [1.29, 1.82) is 0 Å². The molecule has 0 unspecified atom stereocenters. The van der Waals surface area contributed by atoms with Crippen LogP contribution in [0, 0.1) is 0 Å². The molecule has 0 heterocycles. The molecule has 0 radical (unpaired) electrons. The monoisotopic (exact) mass is 339 g/mol. The molecule has 2 amide bonds. The Hall–Kier alpha value is -2.82. The van der Waals surface area contributed by atoms with Gasteiger partial charge in [-0.1, -0.05) is 36.4 Å². The fourth-order valence-corrected chi connectivity index (χ4v) is 2.47. The highest BCUT2D eigenvalue weighted by molar-refractivity contribution is 5.95. The van der Waals surface area contributed by atoms with Gasteiger partial charge in [0.1, 0.15) is 0 Å². The van der Waals surface area contributed by atoms with E-state index in [0.717, 1.165) is 11.3 Å². The predicted molar refractivity (Wildman–Crippen MR) is 100 cm³/mol. The minimum absolute atomic E-state index is 0.0564. The van der Waals surface area contributed by atoms with Crippen molar-refractivity contribution in [3.05, 3.63) is 65.7 Å². The van der Waals surface area contributed by atoms with Crippen molar-refractivity contribution in [3.8, 4) is 0 Å². The molecule has 132 valence electrons. The van der Waals surface area contributed by atoms with E-state index in [1.54, 1.807) is 24.1 Å². The molecule has 5 heteroatoms. The first-order chi connectivity index (χ1) is 12.0. The summed E-state index contributed by atoms with van der Waals surface area (Å²) >= 11 is 0. The molecular formula is C20H25N3O2. The van der Waals surface area contributed by atoms with E-state index in [1.807, 2.05) is 56.3 Å². The molecule has 5 nitrogen and oxygen atoms in total. The maximum atomic E-state index is 12.6. The first-order valence-corrected chi connectivity index (χ1v) is 8.38. The third kappa shape index (κ3) is 5.95. The number of rotatable bonds is 7. The Bertz CT molecular complexity index is 714. The summed E-state index contributed by atoms with van der Waals surface area (Å²) < 4.78 is 0. The lowest BCUT2D eigenvalue weighted by Crippen LogP contribution is -2.34. The van der Waals surface area contributed by atoms with Crippen LogP contribution in [0.3, 0.4) is 0 Å². The van der Waals surface area contributed by atoms with Crippen molar-refractivity contribution < 1.29 is 9.59 Å². The van der Waals surface area contributed by atoms with Crippen LogP contribution in [0.4, 0.5) is 5.69 Å². The first kappa shape index (κ1) is 18.5. The molecular weight excluding hydrogens is 314 g/mol. The molecule has 0 aliphatic rings. The van der Waals surface area contributed by atoms with Crippen LogP contribution in [0.15, 0.2) is 54.6 Å². The van der Waals surface area contributed by atoms with Crippen LogP contribution in [0.1, 0.15) is 29.8 Å². The fraction of sp³-hybridized carbons (Fsp3) is 0.300. The van der Waals surface area contributed by atoms with Gasteiger partial charge in [0.25, 0.3) is 5.91 Å². The number of amides is 2. The number of nitrogens with one attached hydrogen (secondary N) is 2. The Morgan fingerprint density at radius 3 is 2.44 bits per heavy atom. The average molecular weight is 339 g/mol. The lowest BCUT2D eigenvalue weighted by atomic mass is 10.1. The highest BCUT2D eigenvalue weighted by Crippen LogP contribution is 2.13. The lowest BCUT2D eigenvalue weighted by Gasteiger charge is -2.18. The summed E-state index contributed by atoms with van der Waals surface area (Å²) in [5.74, 6) is -0.132. The highest BCUT2D eigenvalue weighted by Gasteiger charge is 2.12. The van der Waals surface area contributed by atoms with E-state index in [0.29, 0.717) is 12.1 Å². The van der Waals surface area contributed by atoms with Gasteiger partial charge < -0.3 is 15.5 Å². The van der Waals surface area contributed by atoms with Crippen LogP contribution in [0.5, 0.6) is 0 Å². The zero-order valence-corrected chi connectivity index (χ0v) is 15.0. The minimum Gasteiger partial charge on any atom is -0.376 e. The van der Waals surface area contributed by atoms with Crippen molar-refractivity contribution in [2.45, 2.75) is 26.4 Å². The van der Waals surface area contributed by atoms with Crippen molar-refractivity contribution in [3.63, 3.8) is 0 Å². The van der Waals surface area contributed by atoms with E-state index in [1.165, 1.54) is 0 Å². The van der Waals surface area contributed by atoms with Crippen LogP contribution in [0.25, 0.3) is 0 Å². The lowest BCUT2D eigenvalue weighted by molar-refractivity contribution is -0.119. The summed E-state index contributed by atoms with van der Waals surface area (Å²) in [6.07, 6.45) is 0. The van der Waals surface area contributed by atoms with Crippen molar-refractivity contribution in [2.24, 2.45) is 0 Å². The Balaban J connectivity index is 1.97. The normalized spacial score (nSPS) is 10.4. The van der Waals surface area contributed by atoms with Gasteiger partial charge in [-0.3, -0.25) is 9.59 Å². The minimum atomic E-state index is -0.0760. The number of hydrogen-bond donors (Lipinski definition) is 2. The largest absolute Gasteiger partial charge is 0.376 e. The number of carbonyl (C=O) groups is 2. The summed E-state index contributed by atoms with van der Waals surface area (Å²) in [4.78, 5) is 26.0. The predicted octanol–water partition coefficient (Wildman–Crippen LogP) is 2.90. The second kappa shape index (κ2) is 8.87. The number of carbonyl (C=O) groups excluding carboxylic acids is 2. The SMILES string of the molecule is CC(C)NC(=O)CNc1cccc(C(=O)N(C)Cc2ccccc2)c1. The van der Waals surface area contributed by atoms with Crippen LogP contribution in [-0.2, 0) is 11.3 Å². The highest BCUT2D eigenvalue weighted by atomic mass is 16.2. The molecule has 0 aliphatic heterocycles. The van der Waals surface area contributed by atoms with E-state index in [-0.39, 0.29) is 24.4 Å². The number of benzene rings is 2. The molecule has 0 bridgehead atoms. The van der Waals surface area contributed by atoms with E-state index in [4.69, 9.17) is 0 Å². The summed E-state index contributed by atoms with van der Waals surface area (Å²) in [5, 5.41) is 5.87. The number of nitrogens with zero attached hydrogens (tertiary/aromatic N) is 1. The molecule has 2 aromatic carbocycles. The maximum absolute atomic E-state index is 12.6. The van der Waals surface area contributed by atoms with Crippen LogP contribution in [-0.4, -0.2) is 36.3 Å². The van der Waals surface area contributed by atoms with Crippen molar-refractivity contribution in [1.82, 2.24) is 10.2 Å². The molecule has 0 spiro atoms. The molecule has 0 aromatic heterocycles. The Kier molecular flexibility index (Phi) is 6.57. The van der Waals surface area contributed by atoms with Crippen molar-refractivity contribution in [2.75, 3.05) is 18.9 Å². The smallest absolute Gasteiger partial charge is 0.253 e. The van der Waals surface area contributed by atoms with E-state index >= 15 is 0 Å². The second-order valence-electron chi connectivity index (χ2n) is 6.30. The van der Waals surface area contributed by atoms with E-state index in [2.05, 4.69) is 10.6 Å². The summed E-state index contributed by atoms with van der Waals surface area (Å²) in [6.45, 7) is 4.56. The summed E-state index contributed by atoms with van der Waals surface area (Å²) in [7, 11) is 1.78. The number of anilines is 1. The molecule has 0 atom stereocenters. The van der Waals surface area contributed by atoms with Crippen molar-refractivity contribution >= 4 is 17.5 Å². The zero-order chi connectivity index (χ0) is 18.2. The topological polar surface area (TPSA) is 61.4 Å². The van der Waals surface area contributed by atoms with Crippen LogP contribution >= 0.6 is 0 Å². The summed E-state index contributed by atoms with van der Waals surface area (Å²) in [6, 6.07) is 17.2. The summed E-state index contributed by atoms with van der Waals surface area (Å²) in [5.41, 5.74) is 2.42. The standard InChI is InChI=1S/C20H25N3O2/c1-15(2)22-19(24)13-21-18-11-7-10-17(12-18)20(25)23(3)14-16-8-5-4-6-9-16/h4-12,15,21H,13-14H2,1-3H3,(H,22,24). The Morgan fingerprint density at radius 2 is 1.76 bits per heavy atom. The van der Waals surface area contributed by atoms with Gasteiger partial charge in [-0.05, 0) is 37.6 Å². The molecule has 2 N–H and O–H groups in total. The van der Waals surface area contributed by atoms with Crippen LogP contribution < -0.4 is 10.6 Å². The third-order valence-electron chi connectivity index (χ3n) is 3.62. The molecule has 25 heavy (non-hydrogen) atoms. The zero-order valence-electron chi connectivity index (χ0n) is 15.0. The fourth-order valence-electron chi connectivity index (χ4n) is 2.47. The quantitative estimate of drug-likeness (QED) is 0.815. The molecule has 2 aromatic rings. The Labute approximate surface area is 149 Å². The van der Waals surface area contributed by atoms with Gasteiger partial charge in [0, 0.05) is 30.9 Å². The van der Waals surface area contributed by atoms with E-state index in [9.17, 15) is 9.59 Å². The average Bonchev–Trinajstić information content (AvgIpc) is 2.60. The van der Waals surface area contributed by atoms with E-state index < -0.39 is 0 Å². The van der Waals surface area contributed by atoms with Gasteiger partial charge in [-0.15, -0.1) is 0 Å². The van der Waals surface area contributed by atoms with Gasteiger partial charge in [-0.2, -0.15) is 0 Å². The van der Waals surface area contributed by atoms with Gasteiger partial charge in [0.05, 0.1) is 6.54 Å². The Morgan fingerprint density at radius 1 is 1.04 bits per heavy atom. The molecule has 0 saturated carbocycles. The van der Waals surface area contributed by atoms with Gasteiger partial charge in [0.15, 0.2) is 0 Å². The van der Waals surface area contributed by atoms with Crippen LogP contribution in [0.2, 0.25) is 0 Å². The van der Waals surface area contributed by atoms with Gasteiger partial charge >= 0.3 is 0 Å². The van der Waals surface area contributed by atoms with Gasteiger partial charge in [-0.25, -0.2) is 0 Å². The molecule has 0 fully saturated rings. The number of hydrogen-bond acceptors (Lipinski definition) is 3. The molecule has 2 rings (SSSR count).